The molecule has 0 spiro atoms. The van der Waals surface area contributed by atoms with Crippen molar-refractivity contribution in [2.45, 2.75) is 50.4 Å². The zero-order valence-corrected chi connectivity index (χ0v) is 9.23. The maximum absolute atomic E-state index is 8.60. The van der Waals surface area contributed by atoms with Crippen molar-refractivity contribution in [2.24, 2.45) is 0 Å². The monoisotopic (exact) mass is 198 g/mol. The summed E-state index contributed by atoms with van der Waals surface area (Å²) in [6.45, 7) is 4.41. The van der Waals surface area contributed by atoms with E-state index in [1.54, 1.807) is 0 Å². The van der Waals surface area contributed by atoms with Crippen LogP contribution in [0.2, 0.25) is 0 Å². The Hall–Kier alpha value is -0.200. The predicted octanol–water partition coefficient (Wildman–Crippen LogP) is 2.16. The maximum Gasteiger partial charge on any atom is 0.0638 e. The average Bonchev–Trinajstić information content (AvgIpc) is 2.50. The lowest BCUT2D eigenvalue weighted by atomic mass is 10.1. The standard InChI is InChI=1S/C10H18N2S/c1-3-9(4-5-11)12-10-6-8(2)13-7-10/h8-10,12H,3-4,6-7H2,1-2H3. The van der Waals surface area contributed by atoms with E-state index in [2.05, 4.69) is 25.2 Å². The fraction of sp³-hybridized carbons (Fsp3) is 0.900. The first kappa shape index (κ1) is 10.9. The molecule has 0 aromatic carbocycles. The van der Waals surface area contributed by atoms with Gasteiger partial charge in [-0.05, 0) is 12.8 Å². The van der Waals surface area contributed by atoms with E-state index >= 15 is 0 Å². The zero-order chi connectivity index (χ0) is 9.68. The molecule has 0 saturated carbocycles. The fourth-order valence-electron chi connectivity index (χ4n) is 1.70. The molecule has 0 radical (unpaired) electrons. The molecule has 1 heterocycles. The number of rotatable bonds is 4. The maximum atomic E-state index is 8.60. The molecule has 1 N–H and O–H groups in total. The van der Waals surface area contributed by atoms with Crippen molar-refractivity contribution in [2.75, 3.05) is 5.75 Å². The number of nitrogens with zero attached hydrogens (tertiary/aromatic N) is 1. The van der Waals surface area contributed by atoms with Crippen LogP contribution in [0.15, 0.2) is 0 Å². The van der Waals surface area contributed by atoms with Crippen molar-refractivity contribution < 1.29 is 0 Å². The molecule has 0 aromatic heterocycles. The molecular formula is C10H18N2S. The molecule has 1 rings (SSSR count). The van der Waals surface area contributed by atoms with E-state index in [-0.39, 0.29) is 0 Å². The van der Waals surface area contributed by atoms with Gasteiger partial charge in [-0.2, -0.15) is 17.0 Å². The smallest absolute Gasteiger partial charge is 0.0638 e. The van der Waals surface area contributed by atoms with Gasteiger partial charge in [-0.25, -0.2) is 0 Å². The Balaban J connectivity index is 2.26. The lowest BCUT2D eigenvalue weighted by molar-refractivity contribution is 0.435. The third kappa shape index (κ3) is 3.58. The van der Waals surface area contributed by atoms with Gasteiger partial charge in [0.05, 0.1) is 12.5 Å². The minimum Gasteiger partial charge on any atom is -0.309 e. The summed E-state index contributed by atoms with van der Waals surface area (Å²) in [4.78, 5) is 0. The molecule has 1 saturated heterocycles. The summed E-state index contributed by atoms with van der Waals surface area (Å²) in [6.07, 6.45) is 2.96. The van der Waals surface area contributed by atoms with E-state index in [9.17, 15) is 0 Å². The van der Waals surface area contributed by atoms with Crippen molar-refractivity contribution >= 4 is 11.8 Å². The van der Waals surface area contributed by atoms with Crippen LogP contribution in [0.5, 0.6) is 0 Å². The van der Waals surface area contributed by atoms with Crippen LogP contribution in [-0.2, 0) is 0 Å². The van der Waals surface area contributed by atoms with E-state index < -0.39 is 0 Å². The Morgan fingerprint density at radius 2 is 2.46 bits per heavy atom. The van der Waals surface area contributed by atoms with E-state index in [4.69, 9.17) is 5.26 Å². The van der Waals surface area contributed by atoms with Gasteiger partial charge in [0.15, 0.2) is 0 Å². The third-order valence-corrected chi connectivity index (χ3v) is 3.86. The molecule has 0 amide bonds. The summed E-state index contributed by atoms with van der Waals surface area (Å²) in [5.41, 5.74) is 0. The Labute approximate surface area is 85.1 Å². The Kier molecular flexibility index (Phi) is 4.61. The highest BCUT2D eigenvalue weighted by Gasteiger charge is 2.23. The van der Waals surface area contributed by atoms with Crippen molar-refractivity contribution in [3.8, 4) is 6.07 Å². The van der Waals surface area contributed by atoms with E-state index in [0.29, 0.717) is 18.5 Å². The van der Waals surface area contributed by atoms with Gasteiger partial charge in [-0.3, -0.25) is 0 Å². The highest BCUT2D eigenvalue weighted by Crippen LogP contribution is 2.26. The van der Waals surface area contributed by atoms with Gasteiger partial charge in [0.2, 0.25) is 0 Å². The van der Waals surface area contributed by atoms with Gasteiger partial charge < -0.3 is 5.32 Å². The summed E-state index contributed by atoms with van der Waals surface area (Å²) in [5.74, 6) is 1.21. The molecule has 0 bridgehead atoms. The molecule has 2 nitrogen and oxygen atoms in total. The van der Waals surface area contributed by atoms with Crippen LogP contribution in [0.4, 0.5) is 0 Å². The van der Waals surface area contributed by atoms with Crippen molar-refractivity contribution in [3.05, 3.63) is 0 Å². The summed E-state index contributed by atoms with van der Waals surface area (Å²) in [7, 11) is 0. The van der Waals surface area contributed by atoms with Gasteiger partial charge in [0, 0.05) is 23.1 Å². The summed E-state index contributed by atoms with van der Waals surface area (Å²) in [6, 6.07) is 3.28. The van der Waals surface area contributed by atoms with Crippen LogP contribution >= 0.6 is 11.8 Å². The molecule has 0 aromatic rings. The molecule has 1 aliphatic heterocycles. The number of nitriles is 1. The molecule has 3 unspecified atom stereocenters. The Morgan fingerprint density at radius 1 is 1.69 bits per heavy atom. The van der Waals surface area contributed by atoms with Crippen molar-refractivity contribution in [1.29, 1.82) is 5.26 Å². The van der Waals surface area contributed by atoms with E-state index in [1.807, 2.05) is 11.8 Å². The van der Waals surface area contributed by atoms with Crippen LogP contribution in [0, 0.1) is 11.3 Å². The highest BCUT2D eigenvalue weighted by atomic mass is 32.2. The van der Waals surface area contributed by atoms with E-state index in [0.717, 1.165) is 11.7 Å². The van der Waals surface area contributed by atoms with Crippen LogP contribution in [0.1, 0.15) is 33.1 Å². The summed E-state index contributed by atoms with van der Waals surface area (Å²) in [5, 5.41) is 12.9. The number of nitrogens with one attached hydrogen (secondary N) is 1. The molecule has 3 heteroatoms. The predicted molar refractivity (Wildman–Crippen MR) is 57.8 cm³/mol. The van der Waals surface area contributed by atoms with Gasteiger partial charge >= 0.3 is 0 Å². The number of hydrogen-bond acceptors (Lipinski definition) is 3. The average molecular weight is 198 g/mol. The Morgan fingerprint density at radius 3 is 2.92 bits per heavy atom. The molecule has 1 aliphatic rings. The number of hydrogen-bond donors (Lipinski definition) is 1. The highest BCUT2D eigenvalue weighted by molar-refractivity contribution is 8.00. The first-order valence-electron chi connectivity index (χ1n) is 5.00. The topological polar surface area (TPSA) is 35.8 Å². The third-order valence-electron chi connectivity index (χ3n) is 2.50. The van der Waals surface area contributed by atoms with Crippen LogP contribution in [-0.4, -0.2) is 23.1 Å². The van der Waals surface area contributed by atoms with E-state index in [1.165, 1.54) is 12.2 Å². The van der Waals surface area contributed by atoms with Crippen LogP contribution in [0.25, 0.3) is 0 Å². The Bertz CT molecular complexity index is 188. The van der Waals surface area contributed by atoms with Crippen LogP contribution < -0.4 is 5.32 Å². The minimum atomic E-state index is 0.404. The lowest BCUT2D eigenvalue weighted by Gasteiger charge is -2.18. The first-order valence-corrected chi connectivity index (χ1v) is 6.05. The quantitative estimate of drug-likeness (QED) is 0.752. The zero-order valence-electron chi connectivity index (χ0n) is 8.42. The molecule has 3 atom stereocenters. The molecule has 0 aliphatic carbocycles. The van der Waals surface area contributed by atoms with Gasteiger partial charge in [-0.1, -0.05) is 13.8 Å². The first-order chi connectivity index (χ1) is 6.26. The second kappa shape index (κ2) is 5.51. The molecule has 74 valence electrons. The lowest BCUT2D eigenvalue weighted by Crippen LogP contribution is -2.37. The van der Waals surface area contributed by atoms with Crippen molar-refractivity contribution in [1.82, 2.24) is 5.32 Å². The van der Waals surface area contributed by atoms with Gasteiger partial charge in [0.25, 0.3) is 0 Å². The number of thioether (sulfide) groups is 1. The largest absolute Gasteiger partial charge is 0.309 e. The van der Waals surface area contributed by atoms with Crippen LogP contribution in [0.3, 0.4) is 0 Å². The normalized spacial score (nSPS) is 29.9. The second-order valence-electron chi connectivity index (χ2n) is 3.71. The SMILES string of the molecule is CCC(CC#N)NC1CSC(C)C1. The molecule has 1 fully saturated rings. The van der Waals surface area contributed by atoms with Gasteiger partial charge in [-0.15, -0.1) is 0 Å². The minimum absolute atomic E-state index is 0.404. The second-order valence-corrected chi connectivity index (χ2v) is 5.18. The summed E-state index contributed by atoms with van der Waals surface area (Å²) < 4.78 is 0. The summed E-state index contributed by atoms with van der Waals surface area (Å²) >= 11 is 2.03. The molecular weight excluding hydrogens is 180 g/mol. The van der Waals surface area contributed by atoms with Gasteiger partial charge in [0.1, 0.15) is 0 Å². The molecule has 13 heavy (non-hydrogen) atoms. The fourth-order valence-corrected chi connectivity index (χ4v) is 2.86. The van der Waals surface area contributed by atoms with Crippen molar-refractivity contribution in [3.63, 3.8) is 0 Å².